The maximum Gasteiger partial charge on any atom is 0.217 e. The molecular weight excluding hydrogens is 340 g/mol. The van der Waals surface area contributed by atoms with Gasteiger partial charge in [0, 0.05) is 13.5 Å². The molecule has 0 unspecified atom stereocenters. The van der Waals surface area contributed by atoms with Crippen molar-refractivity contribution in [1.29, 1.82) is 0 Å². The lowest BCUT2D eigenvalue weighted by atomic mass is 9.94. The van der Waals surface area contributed by atoms with E-state index in [4.69, 9.17) is 9.47 Å². The zero-order valence-electron chi connectivity index (χ0n) is 13.7. The third-order valence-corrected chi connectivity index (χ3v) is 4.46. The van der Waals surface area contributed by atoms with Gasteiger partial charge in [-0.15, -0.1) is 0 Å². The average molecular weight is 366 g/mol. The zero-order valence-corrected chi connectivity index (χ0v) is 13.7. The fraction of sp³-hybridized carbons (Fsp3) is 0.929. The van der Waals surface area contributed by atoms with Crippen molar-refractivity contribution in [2.24, 2.45) is 0 Å². The van der Waals surface area contributed by atoms with E-state index in [0.29, 0.717) is 0 Å². The smallest absolute Gasteiger partial charge is 0.217 e. The number of aliphatic hydroxyl groups excluding tert-OH is 6. The lowest BCUT2D eigenvalue weighted by Gasteiger charge is -2.46. The van der Waals surface area contributed by atoms with Gasteiger partial charge in [0.2, 0.25) is 5.91 Å². The molecule has 0 aromatic rings. The number of amides is 1. The fourth-order valence-electron chi connectivity index (χ4n) is 3.05. The van der Waals surface area contributed by atoms with Crippen molar-refractivity contribution < 1.29 is 44.9 Å². The minimum Gasteiger partial charge on any atom is -0.395 e. The molecule has 0 spiro atoms. The van der Waals surface area contributed by atoms with Crippen LogP contribution < -0.4 is 10.6 Å². The Morgan fingerprint density at radius 2 is 1.84 bits per heavy atom. The molecule has 0 aromatic heterocycles. The van der Waals surface area contributed by atoms with Gasteiger partial charge in [-0.05, 0) is 0 Å². The average Bonchev–Trinajstić information content (AvgIpc) is 2.58. The molecular formula is C14H26N2O9. The normalized spacial score (nSPS) is 45.2. The summed E-state index contributed by atoms with van der Waals surface area (Å²) in [5, 5.41) is 64.0. The summed E-state index contributed by atoms with van der Waals surface area (Å²) in [5.74, 6) is -0.517. The molecule has 9 atom stereocenters. The first-order valence-electron chi connectivity index (χ1n) is 8.05. The highest BCUT2D eigenvalue weighted by atomic mass is 16.7. The minimum atomic E-state index is -1.49. The van der Waals surface area contributed by atoms with Crippen LogP contribution in [0.25, 0.3) is 0 Å². The Kier molecular flexibility index (Phi) is 7.08. The van der Waals surface area contributed by atoms with Gasteiger partial charge in [0.1, 0.15) is 36.6 Å². The van der Waals surface area contributed by atoms with E-state index in [2.05, 4.69) is 10.6 Å². The van der Waals surface area contributed by atoms with E-state index in [1.807, 2.05) is 0 Å². The molecule has 2 aliphatic rings. The van der Waals surface area contributed by atoms with E-state index >= 15 is 0 Å². The van der Waals surface area contributed by atoms with Gasteiger partial charge >= 0.3 is 0 Å². The lowest BCUT2D eigenvalue weighted by Crippen LogP contribution is -2.68. The molecule has 2 fully saturated rings. The van der Waals surface area contributed by atoms with Gasteiger partial charge in [-0.2, -0.15) is 0 Å². The molecule has 11 nitrogen and oxygen atoms in total. The van der Waals surface area contributed by atoms with E-state index < -0.39 is 74.1 Å². The third kappa shape index (κ3) is 4.45. The summed E-state index contributed by atoms with van der Waals surface area (Å²) < 4.78 is 11.0. The second-order valence-electron chi connectivity index (χ2n) is 6.29. The predicted octanol–water partition coefficient (Wildman–Crippen LogP) is -5.00. The van der Waals surface area contributed by atoms with Gasteiger partial charge in [0.15, 0.2) is 6.29 Å². The van der Waals surface area contributed by atoms with Crippen molar-refractivity contribution in [3.63, 3.8) is 0 Å². The molecule has 8 N–H and O–H groups in total. The first kappa shape index (κ1) is 20.4. The van der Waals surface area contributed by atoms with Crippen LogP contribution in [0.15, 0.2) is 0 Å². The second-order valence-corrected chi connectivity index (χ2v) is 6.29. The summed E-state index contributed by atoms with van der Waals surface area (Å²) in [6.45, 7) is 0.238. The molecule has 25 heavy (non-hydrogen) atoms. The molecule has 1 amide bonds. The van der Waals surface area contributed by atoms with E-state index in [1.54, 1.807) is 0 Å². The number of ether oxygens (including phenoxy) is 2. The van der Waals surface area contributed by atoms with Crippen LogP contribution in [-0.2, 0) is 14.3 Å². The molecule has 0 saturated carbocycles. The topological polar surface area (TPSA) is 181 Å². The molecule has 2 aliphatic heterocycles. The molecule has 2 saturated heterocycles. The quantitative estimate of drug-likeness (QED) is 0.235. The van der Waals surface area contributed by atoms with Crippen molar-refractivity contribution in [3.05, 3.63) is 0 Å². The van der Waals surface area contributed by atoms with Crippen molar-refractivity contribution in [2.75, 3.05) is 19.8 Å². The Morgan fingerprint density at radius 3 is 2.40 bits per heavy atom. The zero-order chi connectivity index (χ0) is 18.7. The maximum atomic E-state index is 11.4. The summed E-state index contributed by atoms with van der Waals surface area (Å²) in [6, 6.07) is -1.91. The number of carbonyl (C=O) groups excluding carboxylic acids is 1. The highest BCUT2D eigenvalue weighted by molar-refractivity contribution is 5.73. The number of aliphatic hydroxyl groups is 6. The van der Waals surface area contributed by atoms with Crippen LogP contribution >= 0.6 is 0 Å². The standard InChI is InChI=1S/C14H26N2O9/c1-5(19)16-9-12(23)11(22)8(4-18)24-14(9)25-13-6(3-17)15-2-7(20)10(13)21/h6-15,17-18,20-23H,2-4H2,1H3,(H,16,19)/t6-,7+,8-,9-,10-,11+,12-,13-,14+/m1/s1. The van der Waals surface area contributed by atoms with Crippen LogP contribution in [-0.4, -0.2) is 111 Å². The van der Waals surface area contributed by atoms with Gasteiger partial charge < -0.3 is 50.7 Å². The highest BCUT2D eigenvalue weighted by Crippen LogP contribution is 2.26. The SMILES string of the molecule is CC(=O)N[C@H]1[C@H](O[C@H]2[C@H](O)[C@@H](O)CN[C@@H]2CO)O[C@H](CO)[C@H](O)[C@@H]1O. The number of carbonyl (C=O) groups is 1. The number of hydrogen-bond donors (Lipinski definition) is 8. The molecule has 0 bridgehead atoms. The van der Waals surface area contributed by atoms with Crippen LogP contribution in [0, 0.1) is 0 Å². The van der Waals surface area contributed by atoms with E-state index in [0.717, 1.165) is 0 Å². The van der Waals surface area contributed by atoms with Crippen LogP contribution in [0.3, 0.4) is 0 Å². The number of piperidine rings is 1. The Bertz CT molecular complexity index is 452. The molecule has 0 radical (unpaired) electrons. The van der Waals surface area contributed by atoms with Crippen molar-refractivity contribution in [1.82, 2.24) is 10.6 Å². The number of rotatable bonds is 5. The van der Waals surface area contributed by atoms with Gasteiger partial charge in [0.05, 0.1) is 25.4 Å². The van der Waals surface area contributed by atoms with Gasteiger partial charge in [-0.3, -0.25) is 4.79 Å². The predicted molar refractivity (Wildman–Crippen MR) is 81.1 cm³/mol. The number of hydrogen-bond acceptors (Lipinski definition) is 10. The molecule has 146 valence electrons. The van der Waals surface area contributed by atoms with Crippen molar-refractivity contribution in [3.8, 4) is 0 Å². The summed E-state index contributed by atoms with van der Waals surface area (Å²) in [4.78, 5) is 11.4. The van der Waals surface area contributed by atoms with Crippen molar-refractivity contribution in [2.45, 2.75) is 61.9 Å². The molecule has 2 heterocycles. The van der Waals surface area contributed by atoms with Crippen LogP contribution in [0.5, 0.6) is 0 Å². The first-order valence-corrected chi connectivity index (χ1v) is 8.05. The summed E-state index contributed by atoms with van der Waals surface area (Å²) in [6.07, 6.45) is -9.08. The Hall–Kier alpha value is -0.890. The summed E-state index contributed by atoms with van der Waals surface area (Å²) in [7, 11) is 0. The van der Waals surface area contributed by atoms with E-state index in [9.17, 15) is 35.4 Å². The Balaban J connectivity index is 2.20. The van der Waals surface area contributed by atoms with E-state index in [-0.39, 0.29) is 6.54 Å². The van der Waals surface area contributed by atoms with Crippen LogP contribution in [0.4, 0.5) is 0 Å². The summed E-state index contributed by atoms with van der Waals surface area (Å²) in [5.41, 5.74) is 0. The Labute approximate surface area is 144 Å². The third-order valence-electron chi connectivity index (χ3n) is 4.46. The maximum absolute atomic E-state index is 11.4. The largest absolute Gasteiger partial charge is 0.395 e. The Morgan fingerprint density at radius 1 is 1.16 bits per heavy atom. The summed E-state index contributed by atoms with van der Waals surface area (Å²) >= 11 is 0. The van der Waals surface area contributed by atoms with Gasteiger partial charge in [0.25, 0.3) is 0 Å². The fourth-order valence-corrected chi connectivity index (χ4v) is 3.05. The first-order chi connectivity index (χ1) is 11.8. The van der Waals surface area contributed by atoms with Gasteiger partial charge in [-0.25, -0.2) is 0 Å². The molecule has 2 rings (SSSR count). The number of nitrogens with one attached hydrogen (secondary N) is 2. The highest BCUT2D eigenvalue weighted by Gasteiger charge is 2.48. The lowest BCUT2D eigenvalue weighted by molar-refractivity contribution is -0.298. The van der Waals surface area contributed by atoms with Crippen LogP contribution in [0.2, 0.25) is 0 Å². The molecule has 0 aliphatic carbocycles. The van der Waals surface area contributed by atoms with Crippen molar-refractivity contribution >= 4 is 5.91 Å². The number of β-amino-alcohol motifs (C(OH)–C–C–N with tert-alkyl or cyclic N) is 1. The van der Waals surface area contributed by atoms with Gasteiger partial charge in [-0.1, -0.05) is 0 Å². The van der Waals surface area contributed by atoms with Crippen LogP contribution in [0.1, 0.15) is 6.92 Å². The monoisotopic (exact) mass is 366 g/mol. The minimum absolute atomic E-state index is 0.0491. The molecule has 0 aromatic carbocycles. The second kappa shape index (κ2) is 8.66. The molecule has 11 heteroatoms. The van der Waals surface area contributed by atoms with E-state index in [1.165, 1.54) is 6.92 Å².